The fourth-order valence-corrected chi connectivity index (χ4v) is 3.81. The van der Waals surface area contributed by atoms with Gasteiger partial charge in [-0.1, -0.05) is 90.5 Å². The summed E-state index contributed by atoms with van der Waals surface area (Å²) < 4.78 is 0. The zero-order valence-electron chi connectivity index (χ0n) is 15.8. The molecule has 1 aliphatic heterocycles. The van der Waals surface area contributed by atoms with E-state index in [9.17, 15) is 9.59 Å². The number of rotatable bonds is 5. The zero-order valence-corrected chi connectivity index (χ0v) is 15.8. The molecule has 140 valence electrons. The van der Waals surface area contributed by atoms with Gasteiger partial charge in [-0.15, -0.1) is 0 Å². The monoisotopic (exact) mass is 370 g/mol. The molecule has 1 saturated heterocycles. The summed E-state index contributed by atoms with van der Waals surface area (Å²) in [6.07, 6.45) is 0.409. The SMILES string of the molecule is Cc1cccc(CN2C(=O)N[C@@](Cc3ccccc3)(c3ccccc3)C2=O)c1. The number of benzene rings is 3. The van der Waals surface area contributed by atoms with Crippen LogP contribution in [0.15, 0.2) is 84.9 Å². The van der Waals surface area contributed by atoms with Gasteiger partial charge in [0.05, 0.1) is 6.54 Å². The lowest BCUT2D eigenvalue weighted by Crippen LogP contribution is -2.46. The van der Waals surface area contributed by atoms with Gasteiger partial charge in [-0.2, -0.15) is 0 Å². The first kappa shape index (κ1) is 18.0. The molecule has 0 aromatic heterocycles. The van der Waals surface area contributed by atoms with E-state index in [4.69, 9.17) is 0 Å². The predicted octanol–water partition coefficient (Wildman–Crippen LogP) is 4.19. The van der Waals surface area contributed by atoms with E-state index in [-0.39, 0.29) is 18.5 Å². The molecule has 0 radical (unpaired) electrons. The number of urea groups is 1. The van der Waals surface area contributed by atoms with Crippen molar-refractivity contribution in [1.29, 1.82) is 0 Å². The lowest BCUT2D eigenvalue weighted by atomic mass is 9.83. The summed E-state index contributed by atoms with van der Waals surface area (Å²) in [5.41, 5.74) is 2.74. The Hall–Kier alpha value is -3.40. The summed E-state index contributed by atoms with van der Waals surface area (Å²) in [6, 6.07) is 26.8. The van der Waals surface area contributed by atoms with Gasteiger partial charge in [0, 0.05) is 6.42 Å². The topological polar surface area (TPSA) is 49.4 Å². The summed E-state index contributed by atoms with van der Waals surface area (Å²) >= 11 is 0. The third-order valence-electron chi connectivity index (χ3n) is 5.18. The van der Waals surface area contributed by atoms with Gasteiger partial charge in [0.25, 0.3) is 5.91 Å². The molecule has 1 atom stereocenters. The van der Waals surface area contributed by atoms with E-state index in [0.717, 1.165) is 22.3 Å². The number of amides is 3. The van der Waals surface area contributed by atoms with E-state index < -0.39 is 5.54 Å². The molecule has 28 heavy (non-hydrogen) atoms. The molecule has 0 aliphatic carbocycles. The molecule has 1 fully saturated rings. The fourth-order valence-electron chi connectivity index (χ4n) is 3.81. The van der Waals surface area contributed by atoms with Crippen LogP contribution in [0.1, 0.15) is 22.3 Å². The molecule has 1 aliphatic rings. The fraction of sp³-hybridized carbons (Fsp3) is 0.167. The molecule has 1 heterocycles. The van der Waals surface area contributed by atoms with E-state index in [1.807, 2.05) is 91.9 Å². The molecule has 0 saturated carbocycles. The minimum atomic E-state index is -1.09. The molecule has 0 unspecified atom stereocenters. The number of aryl methyl sites for hydroxylation is 1. The van der Waals surface area contributed by atoms with Crippen LogP contribution in [0.5, 0.6) is 0 Å². The van der Waals surface area contributed by atoms with Crippen LogP contribution in [0.2, 0.25) is 0 Å². The first-order chi connectivity index (χ1) is 13.6. The molecule has 3 amide bonds. The Bertz CT molecular complexity index is 1000. The molecule has 0 spiro atoms. The normalized spacial score (nSPS) is 19.0. The van der Waals surface area contributed by atoms with E-state index in [1.54, 1.807) is 0 Å². The number of hydrogen-bond acceptors (Lipinski definition) is 2. The van der Waals surface area contributed by atoms with Gasteiger partial charge in [0.2, 0.25) is 0 Å². The van der Waals surface area contributed by atoms with Gasteiger partial charge in [0.15, 0.2) is 5.54 Å². The van der Waals surface area contributed by atoms with Crippen molar-refractivity contribution in [2.45, 2.75) is 25.4 Å². The van der Waals surface area contributed by atoms with Crippen molar-refractivity contribution in [2.75, 3.05) is 0 Å². The molecular weight excluding hydrogens is 348 g/mol. The van der Waals surface area contributed by atoms with E-state index in [2.05, 4.69) is 5.32 Å². The van der Waals surface area contributed by atoms with Crippen LogP contribution in [-0.4, -0.2) is 16.8 Å². The van der Waals surface area contributed by atoms with Crippen molar-refractivity contribution in [2.24, 2.45) is 0 Å². The molecule has 4 rings (SSSR count). The lowest BCUT2D eigenvalue weighted by Gasteiger charge is -2.27. The van der Waals surface area contributed by atoms with Gasteiger partial charge >= 0.3 is 6.03 Å². The van der Waals surface area contributed by atoms with E-state index in [0.29, 0.717) is 6.42 Å². The first-order valence-electron chi connectivity index (χ1n) is 9.38. The van der Waals surface area contributed by atoms with Gasteiger partial charge in [0.1, 0.15) is 0 Å². The molecule has 4 heteroatoms. The Morgan fingerprint density at radius 3 is 2.14 bits per heavy atom. The highest BCUT2D eigenvalue weighted by molar-refractivity contribution is 6.07. The van der Waals surface area contributed by atoms with Gasteiger partial charge < -0.3 is 5.32 Å². The lowest BCUT2D eigenvalue weighted by molar-refractivity contribution is -0.132. The number of hydrogen-bond donors (Lipinski definition) is 1. The quantitative estimate of drug-likeness (QED) is 0.685. The van der Waals surface area contributed by atoms with Crippen molar-refractivity contribution in [1.82, 2.24) is 10.2 Å². The van der Waals surface area contributed by atoms with E-state index in [1.165, 1.54) is 4.90 Å². The van der Waals surface area contributed by atoms with Gasteiger partial charge in [-0.3, -0.25) is 9.69 Å². The summed E-state index contributed by atoms with van der Waals surface area (Å²) in [7, 11) is 0. The summed E-state index contributed by atoms with van der Waals surface area (Å²) in [5.74, 6) is -0.214. The average Bonchev–Trinajstić information content (AvgIpc) is 2.94. The second kappa shape index (κ2) is 7.31. The van der Waals surface area contributed by atoms with Crippen LogP contribution < -0.4 is 5.32 Å². The minimum Gasteiger partial charge on any atom is -0.319 e. The third-order valence-corrected chi connectivity index (χ3v) is 5.18. The van der Waals surface area contributed by atoms with Gasteiger partial charge in [-0.05, 0) is 23.6 Å². The molecule has 0 bridgehead atoms. The Morgan fingerprint density at radius 1 is 0.821 bits per heavy atom. The Labute approximate surface area is 164 Å². The molecule has 4 nitrogen and oxygen atoms in total. The maximum absolute atomic E-state index is 13.6. The smallest absolute Gasteiger partial charge is 0.319 e. The second-order valence-corrected chi connectivity index (χ2v) is 7.24. The maximum atomic E-state index is 13.6. The van der Waals surface area contributed by atoms with Crippen molar-refractivity contribution < 1.29 is 9.59 Å². The van der Waals surface area contributed by atoms with Crippen molar-refractivity contribution in [3.8, 4) is 0 Å². The highest BCUT2D eigenvalue weighted by Gasteiger charge is 2.52. The van der Waals surface area contributed by atoms with Crippen molar-refractivity contribution in [3.05, 3.63) is 107 Å². The van der Waals surface area contributed by atoms with Crippen LogP contribution in [-0.2, 0) is 23.3 Å². The number of imide groups is 1. The number of carbonyl (C=O) groups is 2. The third kappa shape index (κ3) is 3.29. The maximum Gasteiger partial charge on any atom is 0.325 e. The highest BCUT2D eigenvalue weighted by Crippen LogP contribution is 2.33. The second-order valence-electron chi connectivity index (χ2n) is 7.24. The molecular formula is C24H22N2O2. The van der Waals surface area contributed by atoms with Crippen molar-refractivity contribution >= 4 is 11.9 Å². The number of carbonyl (C=O) groups excluding carboxylic acids is 2. The summed E-state index contributed by atoms with van der Waals surface area (Å²) in [6.45, 7) is 2.26. The number of nitrogens with one attached hydrogen (secondary N) is 1. The molecule has 3 aromatic carbocycles. The van der Waals surface area contributed by atoms with Gasteiger partial charge in [-0.25, -0.2) is 4.79 Å². The first-order valence-corrected chi connectivity index (χ1v) is 9.38. The molecule has 3 aromatic rings. The van der Waals surface area contributed by atoms with Crippen LogP contribution in [0, 0.1) is 6.92 Å². The Morgan fingerprint density at radius 2 is 1.46 bits per heavy atom. The Kier molecular flexibility index (Phi) is 4.70. The van der Waals surface area contributed by atoms with Crippen LogP contribution in [0.25, 0.3) is 0 Å². The predicted molar refractivity (Wildman–Crippen MR) is 109 cm³/mol. The minimum absolute atomic E-state index is 0.214. The van der Waals surface area contributed by atoms with Crippen LogP contribution in [0.3, 0.4) is 0 Å². The van der Waals surface area contributed by atoms with Crippen LogP contribution >= 0.6 is 0 Å². The largest absolute Gasteiger partial charge is 0.325 e. The Balaban J connectivity index is 1.72. The number of nitrogens with zero attached hydrogens (tertiary/aromatic N) is 1. The van der Waals surface area contributed by atoms with Crippen molar-refractivity contribution in [3.63, 3.8) is 0 Å². The standard InChI is InChI=1S/C24H22N2O2/c1-18-9-8-12-20(15-18)17-26-22(27)24(25-23(26)28,21-13-6-3-7-14-21)16-19-10-4-2-5-11-19/h2-15H,16-17H2,1H3,(H,25,28)/t24-/m0/s1. The average molecular weight is 370 g/mol. The summed E-state index contributed by atoms with van der Waals surface area (Å²) in [5, 5.41) is 3.00. The van der Waals surface area contributed by atoms with E-state index >= 15 is 0 Å². The highest BCUT2D eigenvalue weighted by atomic mass is 16.2. The zero-order chi connectivity index (χ0) is 19.6. The molecule has 1 N–H and O–H groups in total. The van der Waals surface area contributed by atoms with Crippen LogP contribution in [0.4, 0.5) is 4.79 Å². The summed E-state index contributed by atoms with van der Waals surface area (Å²) in [4.78, 5) is 27.7.